The molecule has 0 spiro atoms. The minimum Gasteiger partial charge on any atom is -0.481 e. The number of anilines is 1. The van der Waals surface area contributed by atoms with Gasteiger partial charge >= 0.3 is 0 Å². The van der Waals surface area contributed by atoms with Gasteiger partial charge < -0.3 is 10.5 Å². The lowest BCUT2D eigenvalue weighted by Gasteiger charge is -2.17. The van der Waals surface area contributed by atoms with Crippen LogP contribution in [0.5, 0.6) is 5.88 Å². The van der Waals surface area contributed by atoms with Crippen LogP contribution in [0.4, 0.5) is 10.1 Å². The molecule has 20 heavy (non-hydrogen) atoms. The lowest BCUT2D eigenvalue weighted by atomic mass is 10.1. The van der Waals surface area contributed by atoms with E-state index in [4.69, 9.17) is 10.5 Å². The largest absolute Gasteiger partial charge is 0.481 e. The van der Waals surface area contributed by atoms with E-state index in [0.717, 1.165) is 5.69 Å². The summed E-state index contributed by atoms with van der Waals surface area (Å²) in [5, 5.41) is -0.237. The molecule has 0 amide bonds. The highest BCUT2D eigenvalue weighted by Gasteiger charge is 2.21. The summed E-state index contributed by atoms with van der Waals surface area (Å²) in [4.78, 5) is 8.75. The molecule has 1 heterocycles. The number of methoxy groups -OCH3 is 1. The summed E-state index contributed by atoms with van der Waals surface area (Å²) < 4.78 is 18.8. The Kier molecular flexibility index (Phi) is 4.44. The summed E-state index contributed by atoms with van der Waals surface area (Å²) >= 11 is 1.50. The molecule has 0 saturated carbocycles. The van der Waals surface area contributed by atoms with E-state index in [1.54, 1.807) is 25.3 Å². The minimum absolute atomic E-state index is 0.135. The van der Waals surface area contributed by atoms with E-state index in [-0.39, 0.29) is 10.9 Å². The first kappa shape index (κ1) is 14.6. The third kappa shape index (κ3) is 2.85. The van der Waals surface area contributed by atoms with Crippen LogP contribution in [0.25, 0.3) is 0 Å². The molecule has 0 aliphatic heterocycles. The molecule has 106 valence electrons. The molecule has 0 fully saturated rings. The first-order valence-electron chi connectivity index (χ1n) is 6.03. The molecule has 0 saturated heterocycles. The number of nitrogen functional groups attached to an aromatic ring is 1. The molecule has 0 bridgehead atoms. The van der Waals surface area contributed by atoms with Gasteiger partial charge in [0.1, 0.15) is 11.6 Å². The lowest BCUT2D eigenvalue weighted by molar-refractivity contribution is 0.394. The van der Waals surface area contributed by atoms with E-state index in [9.17, 15) is 4.39 Å². The Balaban J connectivity index is 2.52. The molecule has 0 aliphatic carbocycles. The zero-order valence-electron chi connectivity index (χ0n) is 11.6. The smallest absolute Gasteiger partial charge is 0.216 e. The molecule has 2 rings (SSSR count). The van der Waals surface area contributed by atoms with Gasteiger partial charge in [0.05, 0.1) is 18.0 Å². The predicted octanol–water partition coefficient (Wildman–Crippen LogP) is 2.97. The van der Waals surface area contributed by atoms with Gasteiger partial charge in [-0.1, -0.05) is 12.1 Å². The maximum Gasteiger partial charge on any atom is 0.216 e. The van der Waals surface area contributed by atoms with Crippen LogP contribution in [-0.2, 0) is 0 Å². The number of aryl methyl sites for hydroxylation is 1. The molecule has 1 atom stereocenters. The van der Waals surface area contributed by atoms with Gasteiger partial charge in [-0.25, -0.2) is 9.37 Å². The number of thioether (sulfide) groups is 1. The SMILES string of the molecule is COc1cc(C)nc(C(SC)c2cccc(F)c2N)n1. The fraction of sp³-hybridized carbons (Fsp3) is 0.286. The number of para-hydroxylation sites is 1. The number of rotatable bonds is 4. The van der Waals surface area contributed by atoms with Gasteiger partial charge in [0.25, 0.3) is 0 Å². The molecule has 0 aliphatic rings. The zero-order chi connectivity index (χ0) is 14.7. The van der Waals surface area contributed by atoms with Crippen molar-refractivity contribution in [3.8, 4) is 5.88 Å². The van der Waals surface area contributed by atoms with Gasteiger partial charge in [-0.3, -0.25) is 0 Å². The van der Waals surface area contributed by atoms with E-state index in [0.29, 0.717) is 17.3 Å². The van der Waals surface area contributed by atoms with Crippen LogP contribution in [0.2, 0.25) is 0 Å². The van der Waals surface area contributed by atoms with Crippen LogP contribution in [-0.4, -0.2) is 23.3 Å². The fourth-order valence-corrected chi connectivity index (χ4v) is 2.71. The van der Waals surface area contributed by atoms with E-state index < -0.39 is 5.82 Å². The average molecular weight is 293 g/mol. The topological polar surface area (TPSA) is 61.0 Å². The summed E-state index contributed by atoms with van der Waals surface area (Å²) in [5.41, 5.74) is 7.43. The Morgan fingerprint density at radius 1 is 1.35 bits per heavy atom. The molecular formula is C14H16FN3OS. The number of ether oxygens (including phenoxy) is 1. The van der Waals surface area contributed by atoms with E-state index in [1.807, 2.05) is 13.2 Å². The van der Waals surface area contributed by atoms with Crippen LogP contribution in [0.3, 0.4) is 0 Å². The normalized spacial score (nSPS) is 12.2. The highest BCUT2D eigenvalue weighted by atomic mass is 32.2. The van der Waals surface area contributed by atoms with Crippen LogP contribution >= 0.6 is 11.8 Å². The number of hydrogen-bond acceptors (Lipinski definition) is 5. The Morgan fingerprint density at radius 2 is 2.10 bits per heavy atom. The second-order valence-electron chi connectivity index (χ2n) is 4.27. The summed E-state index contributed by atoms with van der Waals surface area (Å²) in [5.74, 6) is 0.620. The van der Waals surface area contributed by atoms with Crippen molar-refractivity contribution in [2.24, 2.45) is 0 Å². The lowest BCUT2D eigenvalue weighted by Crippen LogP contribution is -2.08. The molecule has 0 radical (unpaired) electrons. The highest BCUT2D eigenvalue weighted by molar-refractivity contribution is 7.99. The second kappa shape index (κ2) is 6.09. The first-order valence-corrected chi connectivity index (χ1v) is 7.32. The molecule has 6 heteroatoms. The fourth-order valence-electron chi connectivity index (χ4n) is 1.94. The van der Waals surface area contributed by atoms with Crippen molar-refractivity contribution < 1.29 is 9.13 Å². The quantitative estimate of drug-likeness (QED) is 0.878. The summed E-state index contributed by atoms with van der Waals surface area (Å²) in [6, 6.07) is 6.51. The summed E-state index contributed by atoms with van der Waals surface area (Å²) in [6.45, 7) is 1.86. The third-order valence-electron chi connectivity index (χ3n) is 2.90. The number of nitrogens with zero attached hydrogens (tertiary/aromatic N) is 2. The van der Waals surface area contributed by atoms with E-state index in [1.165, 1.54) is 17.8 Å². The molecular weight excluding hydrogens is 277 g/mol. The van der Waals surface area contributed by atoms with Crippen molar-refractivity contribution >= 4 is 17.4 Å². The number of halogens is 1. The van der Waals surface area contributed by atoms with Crippen LogP contribution < -0.4 is 10.5 Å². The third-order valence-corrected chi connectivity index (χ3v) is 3.83. The first-order chi connectivity index (χ1) is 9.56. The molecule has 1 aromatic heterocycles. The maximum absolute atomic E-state index is 13.6. The standard InChI is InChI=1S/C14H16FN3OS/c1-8-7-11(19-2)18-14(17-8)13(20-3)9-5-4-6-10(15)12(9)16/h4-7,13H,16H2,1-3H3. The van der Waals surface area contributed by atoms with Crippen molar-refractivity contribution in [2.45, 2.75) is 12.2 Å². The zero-order valence-corrected chi connectivity index (χ0v) is 12.4. The summed E-state index contributed by atoms with van der Waals surface area (Å²) in [7, 11) is 1.55. The molecule has 1 aromatic carbocycles. The number of aromatic nitrogens is 2. The summed E-state index contributed by atoms with van der Waals surface area (Å²) in [6.07, 6.45) is 1.91. The van der Waals surface area contributed by atoms with Crippen LogP contribution in [0.1, 0.15) is 22.3 Å². The van der Waals surface area contributed by atoms with Crippen molar-refractivity contribution in [1.82, 2.24) is 9.97 Å². The number of benzene rings is 1. The van der Waals surface area contributed by atoms with Gasteiger partial charge in [-0.15, -0.1) is 11.8 Å². The van der Waals surface area contributed by atoms with Gasteiger partial charge in [0.15, 0.2) is 0 Å². The van der Waals surface area contributed by atoms with E-state index in [2.05, 4.69) is 9.97 Å². The number of hydrogen-bond donors (Lipinski definition) is 1. The molecule has 2 aromatic rings. The predicted molar refractivity (Wildman–Crippen MR) is 79.5 cm³/mol. The van der Waals surface area contributed by atoms with Crippen molar-refractivity contribution in [1.29, 1.82) is 0 Å². The van der Waals surface area contributed by atoms with Gasteiger partial charge in [-0.05, 0) is 24.8 Å². The molecule has 4 nitrogen and oxygen atoms in total. The number of nitrogens with two attached hydrogens (primary N) is 1. The van der Waals surface area contributed by atoms with Crippen molar-refractivity contribution in [3.05, 3.63) is 47.2 Å². The van der Waals surface area contributed by atoms with Crippen LogP contribution in [0, 0.1) is 12.7 Å². The van der Waals surface area contributed by atoms with Gasteiger partial charge in [0.2, 0.25) is 5.88 Å². The van der Waals surface area contributed by atoms with Gasteiger partial charge in [-0.2, -0.15) is 4.98 Å². The maximum atomic E-state index is 13.6. The monoisotopic (exact) mass is 293 g/mol. The molecule has 2 N–H and O–H groups in total. The van der Waals surface area contributed by atoms with Crippen molar-refractivity contribution in [2.75, 3.05) is 19.1 Å². The van der Waals surface area contributed by atoms with Crippen LogP contribution in [0.15, 0.2) is 24.3 Å². The Bertz CT molecular complexity index is 621. The highest BCUT2D eigenvalue weighted by Crippen LogP contribution is 2.36. The van der Waals surface area contributed by atoms with Crippen molar-refractivity contribution in [3.63, 3.8) is 0 Å². The molecule has 1 unspecified atom stereocenters. The Hall–Kier alpha value is -1.82. The average Bonchev–Trinajstić information content (AvgIpc) is 2.43. The second-order valence-corrected chi connectivity index (χ2v) is 5.21. The Morgan fingerprint density at radius 3 is 2.75 bits per heavy atom. The van der Waals surface area contributed by atoms with E-state index >= 15 is 0 Å². The minimum atomic E-state index is -0.429. The van der Waals surface area contributed by atoms with Gasteiger partial charge in [0, 0.05) is 11.8 Å². The Labute approximate surface area is 121 Å².